The molecule has 0 saturated carbocycles. The van der Waals surface area contributed by atoms with Crippen LogP contribution in [0.5, 0.6) is 0 Å². The lowest BCUT2D eigenvalue weighted by atomic mass is 10.2. The van der Waals surface area contributed by atoms with Gasteiger partial charge in [-0.15, -0.1) is 0 Å². The topological polar surface area (TPSA) is 83.1 Å². The fourth-order valence-electron chi connectivity index (χ4n) is 2.99. The summed E-state index contributed by atoms with van der Waals surface area (Å²) in [5, 5.41) is 3.18. The highest BCUT2D eigenvalue weighted by Crippen LogP contribution is 2.20. The van der Waals surface area contributed by atoms with Crippen LogP contribution in [-0.4, -0.2) is 52.1 Å². The van der Waals surface area contributed by atoms with Gasteiger partial charge in [-0.25, -0.2) is 9.97 Å². The Labute approximate surface area is 165 Å². The highest BCUT2D eigenvalue weighted by atomic mass is 35.5. The second-order valence-electron chi connectivity index (χ2n) is 6.26. The van der Waals surface area contributed by atoms with Crippen LogP contribution >= 0.6 is 23.2 Å². The number of nitrogens with zero attached hydrogens (tertiary/aromatic N) is 3. The van der Waals surface area contributed by atoms with Crippen molar-refractivity contribution >= 4 is 45.8 Å². The number of halogens is 2. The molecule has 3 aromatic rings. The number of anilines is 1. The van der Waals surface area contributed by atoms with Crippen LogP contribution in [0.3, 0.4) is 0 Å². The molecule has 7 nitrogen and oxygen atoms in total. The van der Waals surface area contributed by atoms with Gasteiger partial charge in [-0.1, -0.05) is 23.2 Å². The van der Waals surface area contributed by atoms with Gasteiger partial charge < -0.3 is 15.0 Å². The lowest BCUT2D eigenvalue weighted by Gasteiger charge is -2.25. The Morgan fingerprint density at radius 2 is 1.89 bits per heavy atom. The number of aromatic amines is 1. The second-order valence-corrected chi connectivity index (χ2v) is 7.03. The van der Waals surface area contributed by atoms with E-state index in [2.05, 4.69) is 25.2 Å². The minimum atomic E-state index is -0.311. The number of hydrogen-bond acceptors (Lipinski definition) is 5. The molecule has 1 fully saturated rings. The molecule has 0 bridgehead atoms. The summed E-state index contributed by atoms with van der Waals surface area (Å²) in [5.41, 5.74) is 2.71. The first-order chi connectivity index (χ1) is 13.1. The Hall–Kier alpha value is -2.19. The molecular formula is C18H17Cl2N5O2. The van der Waals surface area contributed by atoms with E-state index in [1.807, 2.05) is 18.2 Å². The zero-order chi connectivity index (χ0) is 18.8. The Balaban J connectivity index is 1.50. The predicted molar refractivity (Wildman–Crippen MR) is 104 cm³/mol. The van der Waals surface area contributed by atoms with E-state index in [0.29, 0.717) is 11.3 Å². The standard InChI is InChI=1S/C18H17Cl2N5O2/c19-15-7-11(8-16(20)24-15)18(26)21-12-1-2-13-14(9-12)23-17(22-13)10-25-3-5-27-6-4-25/h1-2,7-9H,3-6,10H2,(H,21,26)(H,22,23). The van der Waals surface area contributed by atoms with E-state index in [-0.39, 0.29) is 16.2 Å². The average Bonchev–Trinajstić information content (AvgIpc) is 3.03. The molecule has 0 radical (unpaired) electrons. The van der Waals surface area contributed by atoms with Crippen LogP contribution in [0.4, 0.5) is 5.69 Å². The van der Waals surface area contributed by atoms with Gasteiger partial charge in [0, 0.05) is 24.3 Å². The van der Waals surface area contributed by atoms with E-state index in [4.69, 9.17) is 27.9 Å². The SMILES string of the molecule is O=C(Nc1ccc2nc(CN3CCOCC3)[nH]c2c1)c1cc(Cl)nc(Cl)c1. The third-order valence-corrected chi connectivity index (χ3v) is 4.68. The molecule has 2 aromatic heterocycles. The van der Waals surface area contributed by atoms with Crippen LogP contribution in [0.25, 0.3) is 11.0 Å². The van der Waals surface area contributed by atoms with E-state index >= 15 is 0 Å². The normalized spacial score (nSPS) is 15.2. The number of rotatable bonds is 4. The van der Waals surface area contributed by atoms with Gasteiger partial charge in [-0.05, 0) is 30.3 Å². The number of benzene rings is 1. The van der Waals surface area contributed by atoms with Crippen LogP contribution in [-0.2, 0) is 11.3 Å². The number of H-pyrrole nitrogens is 1. The molecule has 1 aromatic carbocycles. The molecule has 3 heterocycles. The first-order valence-electron chi connectivity index (χ1n) is 8.50. The highest BCUT2D eigenvalue weighted by Gasteiger charge is 2.14. The smallest absolute Gasteiger partial charge is 0.255 e. The third kappa shape index (κ3) is 4.39. The number of carbonyl (C=O) groups is 1. The van der Waals surface area contributed by atoms with Gasteiger partial charge in [0.25, 0.3) is 5.91 Å². The third-order valence-electron chi connectivity index (χ3n) is 4.29. The number of ether oxygens (including phenoxy) is 1. The first-order valence-corrected chi connectivity index (χ1v) is 9.25. The summed E-state index contributed by atoms with van der Waals surface area (Å²) in [7, 11) is 0. The number of hydrogen-bond donors (Lipinski definition) is 2. The fraction of sp³-hybridized carbons (Fsp3) is 0.278. The molecule has 1 saturated heterocycles. The van der Waals surface area contributed by atoms with Crippen molar-refractivity contribution in [3.63, 3.8) is 0 Å². The Bertz CT molecular complexity index is 965. The predicted octanol–water partition coefficient (Wildman–Crippen LogP) is 3.35. The summed E-state index contributed by atoms with van der Waals surface area (Å²) in [5.74, 6) is 0.580. The van der Waals surface area contributed by atoms with Crippen LogP contribution in [0.1, 0.15) is 16.2 Å². The van der Waals surface area contributed by atoms with Crippen molar-refractivity contribution in [3.05, 3.63) is 52.0 Å². The van der Waals surface area contributed by atoms with Crippen LogP contribution in [0, 0.1) is 0 Å². The fourth-order valence-corrected chi connectivity index (χ4v) is 3.45. The molecule has 140 valence electrons. The van der Waals surface area contributed by atoms with E-state index < -0.39 is 0 Å². The summed E-state index contributed by atoms with van der Waals surface area (Å²) in [6, 6.07) is 8.48. The number of imidazole rings is 1. The second kappa shape index (κ2) is 7.82. The summed E-state index contributed by atoms with van der Waals surface area (Å²) >= 11 is 11.7. The quantitative estimate of drug-likeness (QED) is 0.650. The maximum Gasteiger partial charge on any atom is 0.255 e. The van der Waals surface area contributed by atoms with Gasteiger partial charge in [0.1, 0.15) is 16.1 Å². The molecule has 4 rings (SSSR count). The number of aromatic nitrogens is 3. The number of morpholine rings is 1. The summed E-state index contributed by atoms with van der Waals surface area (Å²) in [6.45, 7) is 4.04. The van der Waals surface area contributed by atoms with Crippen LogP contribution in [0.2, 0.25) is 10.3 Å². The molecule has 2 N–H and O–H groups in total. The number of carbonyl (C=O) groups excluding carboxylic acids is 1. The van der Waals surface area contributed by atoms with Gasteiger partial charge >= 0.3 is 0 Å². The lowest BCUT2D eigenvalue weighted by molar-refractivity contribution is 0.0332. The Morgan fingerprint density at radius 1 is 1.15 bits per heavy atom. The van der Waals surface area contributed by atoms with Gasteiger partial charge in [-0.2, -0.15) is 0 Å². The Morgan fingerprint density at radius 3 is 2.63 bits per heavy atom. The number of nitrogens with one attached hydrogen (secondary N) is 2. The van der Waals surface area contributed by atoms with Crippen LogP contribution < -0.4 is 5.32 Å². The average molecular weight is 406 g/mol. The van der Waals surface area contributed by atoms with Crippen molar-refractivity contribution < 1.29 is 9.53 Å². The van der Waals surface area contributed by atoms with Gasteiger partial charge in [0.15, 0.2) is 0 Å². The molecule has 9 heteroatoms. The Kier molecular flexibility index (Phi) is 5.27. The van der Waals surface area contributed by atoms with Crippen molar-refractivity contribution in [1.82, 2.24) is 19.9 Å². The minimum absolute atomic E-state index is 0.171. The van der Waals surface area contributed by atoms with Crippen molar-refractivity contribution in [2.24, 2.45) is 0 Å². The molecule has 0 spiro atoms. The molecule has 1 amide bonds. The van der Waals surface area contributed by atoms with Gasteiger partial charge in [-0.3, -0.25) is 9.69 Å². The first kappa shape index (κ1) is 18.2. The molecule has 1 aliphatic heterocycles. The maximum absolute atomic E-state index is 12.4. The van der Waals surface area contributed by atoms with Crippen molar-refractivity contribution in [2.45, 2.75) is 6.54 Å². The summed E-state index contributed by atoms with van der Waals surface area (Å²) in [4.78, 5) is 26.5. The van der Waals surface area contributed by atoms with E-state index in [1.54, 1.807) is 0 Å². The van der Waals surface area contributed by atoms with E-state index in [9.17, 15) is 4.79 Å². The molecule has 0 unspecified atom stereocenters. The molecule has 1 aliphatic rings. The van der Waals surface area contributed by atoms with Crippen molar-refractivity contribution in [3.8, 4) is 0 Å². The monoisotopic (exact) mass is 405 g/mol. The van der Waals surface area contributed by atoms with E-state index in [1.165, 1.54) is 12.1 Å². The molecule has 0 aliphatic carbocycles. The zero-order valence-electron chi connectivity index (χ0n) is 14.3. The largest absolute Gasteiger partial charge is 0.379 e. The number of fused-ring (bicyclic) bond motifs is 1. The van der Waals surface area contributed by atoms with Crippen LogP contribution in [0.15, 0.2) is 30.3 Å². The summed E-state index contributed by atoms with van der Waals surface area (Å²) < 4.78 is 5.37. The number of pyridine rings is 1. The molecule has 0 atom stereocenters. The molecule has 27 heavy (non-hydrogen) atoms. The zero-order valence-corrected chi connectivity index (χ0v) is 15.8. The van der Waals surface area contributed by atoms with E-state index in [0.717, 1.165) is 49.7 Å². The minimum Gasteiger partial charge on any atom is -0.379 e. The molecular weight excluding hydrogens is 389 g/mol. The summed E-state index contributed by atoms with van der Waals surface area (Å²) in [6.07, 6.45) is 0. The highest BCUT2D eigenvalue weighted by molar-refractivity contribution is 6.33. The van der Waals surface area contributed by atoms with Gasteiger partial charge in [0.05, 0.1) is 30.8 Å². The maximum atomic E-state index is 12.4. The van der Waals surface area contributed by atoms with Crippen molar-refractivity contribution in [1.29, 1.82) is 0 Å². The van der Waals surface area contributed by atoms with Crippen molar-refractivity contribution in [2.75, 3.05) is 31.6 Å². The van der Waals surface area contributed by atoms with Gasteiger partial charge in [0.2, 0.25) is 0 Å². The lowest BCUT2D eigenvalue weighted by Crippen LogP contribution is -2.35. The number of amides is 1.